The summed E-state index contributed by atoms with van der Waals surface area (Å²) in [6, 6.07) is 2.26. The second kappa shape index (κ2) is 7.24. The van der Waals surface area contributed by atoms with Crippen LogP contribution < -0.4 is 10.0 Å². The third-order valence-electron chi connectivity index (χ3n) is 3.36. The van der Waals surface area contributed by atoms with Crippen LogP contribution in [0.2, 0.25) is 5.02 Å². The van der Waals surface area contributed by atoms with Gasteiger partial charge in [0.2, 0.25) is 5.95 Å². The first kappa shape index (κ1) is 20.8. The van der Waals surface area contributed by atoms with Crippen molar-refractivity contribution >= 4 is 33.2 Å². The first-order valence-electron chi connectivity index (χ1n) is 7.20. The topological polar surface area (TPSA) is 93.1 Å². The van der Waals surface area contributed by atoms with Crippen LogP contribution in [0, 0.1) is 5.95 Å². The smallest absolute Gasteiger partial charge is 0.284 e. The van der Waals surface area contributed by atoms with E-state index >= 15 is 0 Å². The van der Waals surface area contributed by atoms with Crippen molar-refractivity contribution in [2.24, 2.45) is 7.05 Å². The second-order valence-corrected chi connectivity index (χ2v) is 7.59. The van der Waals surface area contributed by atoms with Crippen molar-refractivity contribution in [1.82, 2.24) is 14.3 Å². The molecule has 12 heteroatoms. The molecule has 7 nitrogen and oxygen atoms in total. The fraction of sp³-hybridized carbons (Fsp3) is 0.200. The zero-order chi connectivity index (χ0) is 20.6. The number of carbonyl (C=O) groups is 1. The molecule has 0 fully saturated rings. The van der Waals surface area contributed by atoms with Gasteiger partial charge in [-0.3, -0.25) is 9.52 Å². The average molecular weight is 423 g/mol. The summed E-state index contributed by atoms with van der Waals surface area (Å²) in [6.07, 6.45) is 2.10. The van der Waals surface area contributed by atoms with Gasteiger partial charge < -0.3 is 9.88 Å². The molecule has 2 aromatic rings. The number of nitrogens with zero attached hydrogens (tertiary/aromatic N) is 2. The van der Waals surface area contributed by atoms with Crippen molar-refractivity contribution in [3.63, 3.8) is 0 Å². The Balaban J connectivity index is 2.36. The van der Waals surface area contributed by atoms with Crippen molar-refractivity contribution < 1.29 is 26.4 Å². The maximum Gasteiger partial charge on any atom is 0.284 e. The molecule has 0 aromatic carbocycles. The summed E-state index contributed by atoms with van der Waals surface area (Å²) >= 11 is 6.00. The van der Waals surface area contributed by atoms with E-state index < -0.39 is 43.4 Å². The van der Waals surface area contributed by atoms with E-state index in [1.165, 1.54) is 13.1 Å². The molecule has 0 aliphatic rings. The zero-order valence-corrected chi connectivity index (χ0v) is 15.6. The fourth-order valence-electron chi connectivity index (χ4n) is 1.99. The van der Waals surface area contributed by atoms with E-state index in [1.807, 2.05) is 0 Å². The first-order chi connectivity index (χ1) is 12.3. The molecule has 2 heterocycles. The number of aromatic nitrogens is 2. The number of aryl methyl sites for hydroxylation is 1. The Morgan fingerprint density at radius 3 is 2.59 bits per heavy atom. The van der Waals surface area contributed by atoms with Gasteiger partial charge in [-0.05, 0) is 6.07 Å². The van der Waals surface area contributed by atoms with Crippen LogP contribution in [-0.2, 0) is 17.1 Å². The third-order valence-corrected chi connectivity index (χ3v) is 5.26. The summed E-state index contributed by atoms with van der Waals surface area (Å²) in [7, 11) is -3.19. The number of allylic oxidation sites excluding steroid dienone is 1. The number of alkyl halides is 2. The number of hydrogen-bond acceptors (Lipinski definition) is 4. The summed E-state index contributed by atoms with van der Waals surface area (Å²) in [5, 5.41) is 1.84. The largest absolute Gasteiger partial charge is 0.344 e. The minimum Gasteiger partial charge on any atom is -0.344 e. The Morgan fingerprint density at radius 2 is 2.04 bits per heavy atom. The Morgan fingerprint density at radius 1 is 1.41 bits per heavy atom. The van der Waals surface area contributed by atoms with E-state index in [1.54, 1.807) is 4.72 Å². The van der Waals surface area contributed by atoms with Crippen LogP contribution >= 0.6 is 11.6 Å². The molecule has 1 amide bonds. The summed E-state index contributed by atoms with van der Waals surface area (Å²) in [5.41, 5.74) is -1.27. The molecule has 0 saturated carbocycles. The summed E-state index contributed by atoms with van der Waals surface area (Å²) < 4.78 is 66.8. The van der Waals surface area contributed by atoms with Gasteiger partial charge in [0.15, 0.2) is 0 Å². The van der Waals surface area contributed by atoms with Crippen LogP contribution in [0.25, 0.3) is 0 Å². The highest BCUT2D eigenvalue weighted by Gasteiger charge is 2.33. The number of anilines is 1. The number of nitrogens with one attached hydrogen (secondary N) is 2. The number of rotatable bonds is 6. The minimum absolute atomic E-state index is 0.0614. The number of pyridine rings is 1. The Bertz CT molecular complexity index is 1020. The van der Waals surface area contributed by atoms with Crippen LogP contribution in [-0.4, -0.2) is 29.8 Å². The molecule has 0 spiro atoms. The molecule has 2 aromatic heterocycles. The first-order valence-corrected chi connectivity index (χ1v) is 9.07. The zero-order valence-electron chi connectivity index (χ0n) is 14.1. The van der Waals surface area contributed by atoms with Gasteiger partial charge in [0, 0.05) is 38.1 Å². The molecule has 0 saturated heterocycles. The molecule has 146 valence electrons. The monoisotopic (exact) mass is 422 g/mol. The lowest BCUT2D eigenvalue weighted by Crippen LogP contribution is -2.31. The normalized spacial score (nSPS) is 11.9. The number of sulfonamides is 1. The van der Waals surface area contributed by atoms with Crippen molar-refractivity contribution in [1.29, 1.82) is 0 Å². The van der Waals surface area contributed by atoms with Gasteiger partial charge >= 0.3 is 0 Å². The molecule has 0 radical (unpaired) electrons. The molecular weight excluding hydrogens is 409 g/mol. The van der Waals surface area contributed by atoms with E-state index in [9.17, 15) is 26.4 Å². The van der Waals surface area contributed by atoms with E-state index in [0.29, 0.717) is 6.92 Å². The molecular formula is C15H14ClF3N4O3S. The van der Waals surface area contributed by atoms with Crippen molar-refractivity contribution in [3.8, 4) is 0 Å². The second-order valence-electron chi connectivity index (χ2n) is 5.56. The third kappa shape index (κ3) is 4.61. The number of amides is 1. The highest BCUT2D eigenvalue weighted by atomic mass is 35.5. The molecule has 0 aliphatic heterocycles. The van der Waals surface area contributed by atoms with Crippen LogP contribution in [0.15, 0.2) is 41.7 Å². The lowest BCUT2D eigenvalue weighted by atomic mass is 10.3. The molecule has 0 unspecified atom stereocenters. The van der Waals surface area contributed by atoms with E-state index in [4.69, 9.17) is 11.6 Å². The highest BCUT2D eigenvalue weighted by Crippen LogP contribution is 2.29. The lowest BCUT2D eigenvalue weighted by Gasteiger charge is -2.15. The van der Waals surface area contributed by atoms with Crippen LogP contribution in [0.1, 0.15) is 17.4 Å². The SMILES string of the molecule is C=C(NS(=O)(=O)c1cn(C)c(C(=O)Nc2ccnc(F)c2)c1Cl)C(C)(F)F. The van der Waals surface area contributed by atoms with Gasteiger partial charge in [0.05, 0.1) is 10.7 Å². The van der Waals surface area contributed by atoms with Crippen LogP contribution in [0.3, 0.4) is 0 Å². The van der Waals surface area contributed by atoms with Crippen molar-refractivity contribution in [2.45, 2.75) is 17.7 Å². The van der Waals surface area contributed by atoms with Gasteiger partial charge in [-0.2, -0.15) is 4.39 Å². The van der Waals surface area contributed by atoms with Crippen LogP contribution in [0.4, 0.5) is 18.9 Å². The predicted octanol–water partition coefficient (Wildman–Crippen LogP) is 2.91. The average Bonchev–Trinajstić information content (AvgIpc) is 2.81. The van der Waals surface area contributed by atoms with Gasteiger partial charge in [-0.1, -0.05) is 18.2 Å². The van der Waals surface area contributed by atoms with Gasteiger partial charge in [0.1, 0.15) is 10.6 Å². The summed E-state index contributed by atoms with van der Waals surface area (Å²) in [6.45, 7) is 3.45. The number of hydrogen-bond donors (Lipinski definition) is 2. The predicted molar refractivity (Wildman–Crippen MR) is 92.7 cm³/mol. The Labute approximate surface area is 157 Å². The van der Waals surface area contributed by atoms with E-state index in [2.05, 4.69) is 16.9 Å². The Kier molecular flexibility index (Phi) is 5.57. The number of carbonyl (C=O) groups excluding carboxylic acids is 1. The molecule has 0 bridgehead atoms. The molecule has 2 N–H and O–H groups in total. The summed E-state index contributed by atoms with van der Waals surface area (Å²) in [5.74, 6) is -5.17. The maximum atomic E-state index is 13.2. The van der Waals surface area contributed by atoms with Gasteiger partial charge in [0.25, 0.3) is 21.9 Å². The summed E-state index contributed by atoms with van der Waals surface area (Å²) in [4.78, 5) is 15.1. The van der Waals surface area contributed by atoms with E-state index in [0.717, 1.165) is 23.0 Å². The van der Waals surface area contributed by atoms with Crippen LogP contribution in [0.5, 0.6) is 0 Å². The quantitative estimate of drug-likeness (QED) is 0.700. The standard InChI is InChI=1S/C15H14ClF3N4O3S/c1-8(15(2,18)19)22-27(25,26)10-7-23(3)13(12(10)16)14(24)21-9-4-5-20-11(17)6-9/h4-7,22H,1H2,2-3H3,(H,20,21,24). The molecule has 2 rings (SSSR count). The highest BCUT2D eigenvalue weighted by molar-refractivity contribution is 7.89. The van der Waals surface area contributed by atoms with Crippen molar-refractivity contribution in [2.75, 3.05) is 5.32 Å². The van der Waals surface area contributed by atoms with Crippen molar-refractivity contribution in [3.05, 3.63) is 53.5 Å². The van der Waals surface area contributed by atoms with Gasteiger partial charge in [-0.25, -0.2) is 22.2 Å². The molecule has 0 atom stereocenters. The maximum absolute atomic E-state index is 13.2. The fourth-order valence-corrected chi connectivity index (χ4v) is 3.81. The molecule has 27 heavy (non-hydrogen) atoms. The minimum atomic E-state index is -4.52. The van der Waals surface area contributed by atoms with E-state index in [-0.39, 0.29) is 11.4 Å². The Hall–Kier alpha value is -2.53. The lowest BCUT2D eigenvalue weighted by molar-refractivity contribution is 0.0597. The van der Waals surface area contributed by atoms with Gasteiger partial charge in [-0.15, -0.1) is 0 Å². The molecule has 0 aliphatic carbocycles. The number of halogens is 4.